The fraction of sp³-hybridized carbons (Fsp3) is 0.538. The van der Waals surface area contributed by atoms with Crippen molar-refractivity contribution in [1.29, 1.82) is 0 Å². The number of allylic oxidation sites excluding steroid dienone is 1. The zero-order chi connectivity index (χ0) is 14.5. The van der Waals surface area contributed by atoms with E-state index >= 15 is 0 Å². The van der Waals surface area contributed by atoms with Crippen LogP contribution in [0.1, 0.15) is 19.5 Å². The normalized spacial score (nSPS) is 16.8. The molecule has 20 heavy (non-hydrogen) atoms. The minimum absolute atomic E-state index is 0.316. The summed E-state index contributed by atoms with van der Waals surface area (Å²) in [6.45, 7) is 6.79. The minimum atomic E-state index is -0.425. The van der Waals surface area contributed by atoms with Crippen molar-refractivity contribution in [3.05, 3.63) is 16.8 Å². The molecule has 1 aliphatic heterocycles. The summed E-state index contributed by atoms with van der Waals surface area (Å²) < 4.78 is 10.3. The van der Waals surface area contributed by atoms with Gasteiger partial charge < -0.3 is 20.1 Å². The molecule has 110 valence electrons. The maximum Gasteiger partial charge on any atom is 0.342 e. The minimum Gasteiger partial charge on any atom is -0.462 e. The van der Waals surface area contributed by atoms with E-state index in [1.165, 1.54) is 11.3 Å². The second-order valence-corrected chi connectivity index (χ2v) is 5.23. The second-order valence-electron chi connectivity index (χ2n) is 4.39. The van der Waals surface area contributed by atoms with E-state index < -0.39 is 5.97 Å². The number of hydrogen-bond donors (Lipinski definition) is 1. The second kappa shape index (κ2) is 6.71. The Balaban J connectivity index is 2.21. The molecule has 0 radical (unpaired) electrons. The van der Waals surface area contributed by atoms with Crippen molar-refractivity contribution in [2.45, 2.75) is 13.8 Å². The van der Waals surface area contributed by atoms with Gasteiger partial charge in [-0.05, 0) is 13.8 Å². The lowest BCUT2D eigenvalue weighted by atomic mass is 10.1. The van der Waals surface area contributed by atoms with Crippen LogP contribution in [-0.4, -0.2) is 43.9 Å². The lowest BCUT2D eigenvalue weighted by Crippen LogP contribution is -2.36. The molecule has 0 bridgehead atoms. The summed E-state index contributed by atoms with van der Waals surface area (Å²) in [6.07, 6.45) is 0. The number of carbonyl (C=O) groups excluding carboxylic acids is 1. The number of morpholine rings is 1. The van der Waals surface area contributed by atoms with Crippen molar-refractivity contribution >= 4 is 28.0 Å². The highest BCUT2D eigenvalue weighted by Crippen LogP contribution is 2.27. The Morgan fingerprint density at radius 1 is 1.55 bits per heavy atom. The zero-order valence-corrected chi connectivity index (χ0v) is 12.5. The summed E-state index contributed by atoms with van der Waals surface area (Å²) in [6, 6.07) is 0. The van der Waals surface area contributed by atoms with Crippen LogP contribution < -0.4 is 10.6 Å². The third-order valence-electron chi connectivity index (χ3n) is 2.90. The van der Waals surface area contributed by atoms with E-state index in [0.29, 0.717) is 36.8 Å². The van der Waals surface area contributed by atoms with Crippen LogP contribution >= 0.6 is 11.3 Å². The zero-order valence-electron chi connectivity index (χ0n) is 11.7. The van der Waals surface area contributed by atoms with Gasteiger partial charge in [0.2, 0.25) is 0 Å². The summed E-state index contributed by atoms with van der Waals surface area (Å²) in [4.78, 5) is 18.6. The Morgan fingerprint density at radius 2 is 2.25 bits per heavy atom. The number of rotatable bonds is 4. The lowest BCUT2D eigenvalue weighted by molar-refractivity contribution is -0.136. The molecule has 1 fully saturated rings. The quantitative estimate of drug-likeness (QED) is 0.665. The number of carbonyl (C=O) groups is 1. The maximum atomic E-state index is 11.9. The molecule has 0 unspecified atom stereocenters. The van der Waals surface area contributed by atoms with Crippen LogP contribution in [0.4, 0.5) is 5.13 Å². The third kappa shape index (κ3) is 3.29. The van der Waals surface area contributed by atoms with Gasteiger partial charge in [0.05, 0.1) is 25.5 Å². The average molecular weight is 297 g/mol. The Hall–Kier alpha value is -1.60. The van der Waals surface area contributed by atoms with Gasteiger partial charge in [-0.15, -0.1) is 11.3 Å². The van der Waals surface area contributed by atoms with E-state index in [1.54, 1.807) is 13.8 Å². The molecule has 0 atom stereocenters. The fourth-order valence-electron chi connectivity index (χ4n) is 1.95. The van der Waals surface area contributed by atoms with Gasteiger partial charge in [-0.3, -0.25) is 0 Å². The maximum absolute atomic E-state index is 11.9. The van der Waals surface area contributed by atoms with Gasteiger partial charge in [0.1, 0.15) is 5.57 Å². The summed E-state index contributed by atoms with van der Waals surface area (Å²) in [5.74, 6) is -0.425. The molecule has 1 aliphatic rings. The molecule has 1 saturated heterocycles. The van der Waals surface area contributed by atoms with Crippen LogP contribution in [0.3, 0.4) is 0 Å². The molecular weight excluding hydrogens is 278 g/mol. The number of anilines is 1. The molecule has 0 spiro atoms. The summed E-state index contributed by atoms with van der Waals surface area (Å²) >= 11 is 1.50. The molecule has 2 N–H and O–H groups in total. The van der Waals surface area contributed by atoms with Crippen LogP contribution in [0.5, 0.6) is 0 Å². The van der Waals surface area contributed by atoms with Crippen molar-refractivity contribution in [3.8, 4) is 0 Å². The van der Waals surface area contributed by atoms with Crippen LogP contribution in [-0.2, 0) is 14.3 Å². The van der Waals surface area contributed by atoms with Gasteiger partial charge in [0.15, 0.2) is 5.13 Å². The third-order valence-corrected chi connectivity index (χ3v) is 3.81. The van der Waals surface area contributed by atoms with Gasteiger partial charge in [0.25, 0.3) is 0 Å². The molecule has 1 aromatic rings. The first-order valence-corrected chi connectivity index (χ1v) is 7.43. The molecule has 0 aliphatic carbocycles. The molecule has 0 aromatic carbocycles. The molecule has 2 rings (SSSR count). The van der Waals surface area contributed by atoms with E-state index in [-0.39, 0.29) is 0 Å². The predicted molar refractivity (Wildman–Crippen MR) is 78.6 cm³/mol. The van der Waals surface area contributed by atoms with Gasteiger partial charge in [-0.2, -0.15) is 0 Å². The number of thiazole rings is 1. The molecule has 2 heterocycles. The first-order valence-electron chi connectivity index (χ1n) is 6.55. The molecule has 6 nitrogen and oxygen atoms in total. The molecule has 1 aromatic heterocycles. The number of nitrogens with two attached hydrogens (primary N) is 1. The van der Waals surface area contributed by atoms with Crippen LogP contribution in [0.15, 0.2) is 11.1 Å². The van der Waals surface area contributed by atoms with Crippen molar-refractivity contribution in [2.75, 3.05) is 37.8 Å². The van der Waals surface area contributed by atoms with E-state index in [1.807, 2.05) is 5.38 Å². The van der Waals surface area contributed by atoms with Crippen molar-refractivity contribution in [3.63, 3.8) is 0 Å². The molecule has 0 amide bonds. The van der Waals surface area contributed by atoms with Crippen molar-refractivity contribution < 1.29 is 14.3 Å². The number of nitrogens with zero attached hydrogens (tertiary/aromatic N) is 2. The summed E-state index contributed by atoms with van der Waals surface area (Å²) in [5.41, 5.74) is 7.14. The molecule has 0 saturated carbocycles. The first-order chi connectivity index (χ1) is 9.63. The number of esters is 1. The highest BCUT2D eigenvalue weighted by molar-refractivity contribution is 7.13. The van der Waals surface area contributed by atoms with E-state index in [9.17, 15) is 4.79 Å². The van der Waals surface area contributed by atoms with E-state index in [4.69, 9.17) is 15.2 Å². The van der Waals surface area contributed by atoms with Crippen LogP contribution in [0.25, 0.3) is 5.57 Å². The van der Waals surface area contributed by atoms with Gasteiger partial charge >= 0.3 is 5.97 Å². The van der Waals surface area contributed by atoms with E-state index in [0.717, 1.165) is 18.2 Å². The summed E-state index contributed by atoms with van der Waals surface area (Å²) in [5, 5.41) is 2.72. The Morgan fingerprint density at radius 3 is 2.85 bits per heavy atom. The first kappa shape index (κ1) is 14.8. The fourth-order valence-corrected chi connectivity index (χ4v) is 2.82. The predicted octanol–water partition coefficient (Wildman–Crippen LogP) is 1.23. The smallest absolute Gasteiger partial charge is 0.342 e. The monoisotopic (exact) mass is 297 g/mol. The Bertz CT molecular complexity index is 503. The van der Waals surface area contributed by atoms with E-state index in [2.05, 4.69) is 9.88 Å². The number of hydrogen-bond acceptors (Lipinski definition) is 7. The number of ether oxygens (including phenoxy) is 2. The lowest BCUT2D eigenvalue weighted by Gasteiger charge is -2.26. The molecular formula is C13H19N3O3S. The standard InChI is InChI=1S/C13H19N3O3S/c1-3-19-12(17)11(9(2)14)10-8-20-13(15-10)16-4-6-18-7-5-16/h8H,3-7,14H2,1-2H3/b11-9-. The van der Waals surface area contributed by atoms with Crippen molar-refractivity contribution in [2.24, 2.45) is 5.73 Å². The van der Waals surface area contributed by atoms with Crippen molar-refractivity contribution in [1.82, 2.24) is 4.98 Å². The Kier molecular flexibility index (Phi) is 4.97. The number of aromatic nitrogens is 1. The highest BCUT2D eigenvalue weighted by atomic mass is 32.1. The summed E-state index contributed by atoms with van der Waals surface area (Å²) in [7, 11) is 0. The topological polar surface area (TPSA) is 77.7 Å². The highest BCUT2D eigenvalue weighted by Gasteiger charge is 2.21. The largest absolute Gasteiger partial charge is 0.462 e. The van der Waals surface area contributed by atoms with Gasteiger partial charge in [-0.25, -0.2) is 9.78 Å². The van der Waals surface area contributed by atoms with Gasteiger partial charge in [0, 0.05) is 24.2 Å². The van der Waals surface area contributed by atoms with Crippen LogP contribution in [0.2, 0.25) is 0 Å². The SMILES string of the molecule is CCOC(=O)/C(=C(/C)N)c1csc(N2CCOCC2)n1. The van der Waals surface area contributed by atoms with Crippen LogP contribution in [0, 0.1) is 0 Å². The molecule has 7 heteroatoms. The Labute approximate surface area is 122 Å². The van der Waals surface area contributed by atoms with Gasteiger partial charge in [-0.1, -0.05) is 0 Å². The average Bonchev–Trinajstić information content (AvgIpc) is 2.89.